The molecule has 6 rings (SSSR count). The summed E-state index contributed by atoms with van der Waals surface area (Å²) in [4.78, 5) is 42.8. The first-order chi connectivity index (χ1) is 31.2. The van der Waals surface area contributed by atoms with Gasteiger partial charge in [-0.05, 0) is 200 Å². The lowest BCUT2D eigenvalue weighted by Gasteiger charge is -2.40. The number of ether oxygens (including phenoxy) is 2. The second kappa shape index (κ2) is 27.4. The van der Waals surface area contributed by atoms with E-state index in [0.717, 1.165) is 78.1 Å². The number of imidazole rings is 2. The fraction of sp³-hybridized carbons (Fsp3) is 0.600. The second-order valence-corrected chi connectivity index (χ2v) is 18.4. The summed E-state index contributed by atoms with van der Waals surface area (Å²) in [6.45, 7) is 18.9. The average molecular weight is 1090 g/mol. The quantitative estimate of drug-likeness (QED) is 0.0454. The van der Waals surface area contributed by atoms with Gasteiger partial charge < -0.3 is 36.2 Å². The number of aromatic nitrogens is 6. The highest BCUT2D eigenvalue weighted by molar-refractivity contribution is 9.11. The zero-order valence-electron chi connectivity index (χ0n) is 37.4. The molecule has 6 heterocycles. The van der Waals surface area contributed by atoms with Crippen LogP contribution < -0.4 is 26.7 Å². The summed E-state index contributed by atoms with van der Waals surface area (Å²) in [5.74, 6) is 5.44. The number of carbonyl (C=O) groups excluding carboxylic acids is 2. The molecule has 0 bridgehead atoms. The Labute approximate surface area is 407 Å². The van der Waals surface area contributed by atoms with Gasteiger partial charge in [-0.1, -0.05) is 12.6 Å². The summed E-state index contributed by atoms with van der Waals surface area (Å²) in [5.41, 5.74) is 6.48. The molecule has 0 spiro atoms. The minimum Gasteiger partial charge on any atom is -0.444 e. The van der Waals surface area contributed by atoms with E-state index in [-0.39, 0.29) is 30.7 Å². The molecular weight excluding hydrogens is 1030 g/mol. The lowest BCUT2D eigenvalue weighted by atomic mass is 9.90. The van der Waals surface area contributed by atoms with Gasteiger partial charge in [0.1, 0.15) is 11.2 Å². The number of nitrogens with one attached hydrogen (secondary N) is 4. The van der Waals surface area contributed by atoms with Crippen LogP contribution in [-0.4, -0.2) is 89.4 Å². The fourth-order valence-electron chi connectivity index (χ4n) is 5.70. The highest BCUT2D eigenvalue weighted by Gasteiger charge is 2.34. The SMILES string of the molecule is C.CC1(NC(=O)OC(C)(C)C)CCN(c2ncc(Br)c3nccn23)CC1.CC1(NC(=O)OC(C)(C)C)CCNCC1.Clc1ncc(Br)c2nccn12.N=N/N=N/N=N/N=N/N=N/N=N/N=N/N. The van der Waals surface area contributed by atoms with Crippen molar-refractivity contribution in [3.63, 3.8) is 0 Å². The number of hydrogen-bond acceptors (Lipinski definition) is 12. The van der Waals surface area contributed by atoms with E-state index in [9.17, 15) is 9.59 Å². The van der Waals surface area contributed by atoms with Crippen molar-refractivity contribution in [3.8, 4) is 0 Å². The molecule has 32 heteroatoms. The first kappa shape index (κ1) is 56.9. The van der Waals surface area contributed by atoms with Crippen LogP contribution in [0.5, 0.6) is 0 Å². The Morgan fingerprint density at radius 1 is 0.716 bits per heavy atom. The normalized spacial score (nSPS) is 16.0. The summed E-state index contributed by atoms with van der Waals surface area (Å²) in [6, 6.07) is 0. The molecule has 366 valence electrons. The zero-order chi connectivity index (χ0) is 48.8. The van der Waals surface area contributed by atoms with E-state index >= 15 is 0 Å². The number of alkyl carbamates (subject to hydrolysis) is 2. The highest BCUT2D eigenvalue weighted by Crippen LogP contribution is 2.28. The van der Waals surface area contributed by atoms with E-state index in [2.05, 4.69) is 160 Å². The van der Waals surface area contributed by atoms with Gasteiger partial charge in [0.05, 0.1) is 8.95 Å². The van der Waals surface area contributed by atoms with Gasteiger partial charge in [0, 0.05) is 61.3 Å². The fourth-order valence-corrected chi connectivity index (χ4v) is 6.68. The number of nitrogens with two attached hydrogens (primary N) is 1. The summed E-state index contributed by atoms with van der Waals surface area (Å²) in [6.07, 6.45) is 13.4. The topological polar surface area (TPSA) is 363 Å². The summed E-state index contributed by atoms with van der Waals surface area (Å²) in [7, 11) is 0. The molecule has 0 aliphatic carbocycles. The van der Waals surface area contributed by atoms with Crippen LogP contribution in [0.25, 0.3) is 11.3 Å². The Bertz CT molecular complexity index is 2320. The molecule has 4 aromatic heterocycles. The van der Waals surface area contributed by atoms with Gasteiger partial charge in [-0.3, -0.25) is 8.80 Å². The first-order valence-corrected chi connectivity index (χ1v) is 21.7. The van der Waals surface area contributed by atoms with Gasteiger partial charge in [-0.15, -0.1) is 0 Å². The molecule has 2 fully saturated rings. The van der Waals surface area contributed by atoms with Crippen molar-refractivity contribution in [2.24, 2.45) is 73.7 Å². The second-order valence-electron chi connectivity index (χ2n) is 16.3. The van der Waals surface area contributed by atoms with Gasteiger partial charge >= 0.3 is 12.2 Å². The third kappa shape index (κ3) is 20.9. The third-order valence-electron chi connectivity index (χ3n) is 8.66. The van der Waals surface area contributed by atoms with E-state index in [1.807, 2.05) is 52.1 Å². The number of carbonyl (C=O) groups is 2. The Balaban J connectivity index is 0.000000321. The van der Waals surface area contributed by atoms with E-state index in [4.69, 9.17) is 26.6 Å². The predicted octanol–water partition coefficient (Wildman–Crippen LogP) is 9.90. The minimum atomic E-state index is -0.491. The maximum Gasteiger partial charge on any atom is 0.408 e. The number of nitrogens with zero attached hydrogens (tertiary/aromatic N) is 20. The van der Waals surface area contributed by atoms with Crippen molar-refractivity contribution in [1.29, 1.82) is 5.53 Å². The number of amides is 2. The smallest absolute Gasteiger partial charge is 0.408 e. The van der Waals surface area contributed by atoms with Gasteiger partial charge in [0.25, 0.3) is 0 Å². The average Bonchev–Trinajstić information content (AvgIpc) is 3.94. The third-order valence-corrected chi connectivity index (χ3v) is 10.1. The van der Waals surface area contributed by atoms with Crippen molar-refractivity contribution < 1.29 is 19.1 Å². The van der Waals surface area contributed by atoms with Crippen molar-refractivity contribution >= 4 is 72.9 Å². The summed E-state index contributed by atoms with van der Waals surface area (Å²) < 4.78 is 16.0. The van der Waals surface area contributed by atoms with Crippen molar-refractivity contribution in [1.82, 2.24) is 44.7 Å². The Morgan fingerprint density at radius 3 is 1.58 bits per heavy atom. The van der Waals surface area contributed by atoms with Crippen LogP contribution in [0.3, 0.4) is 0 Å². The van der Waals surface area contributed by atoms with Crippen LogP contribution in [0.1, 0.15) is 88.5 Å². The molecule has 6 N–H and O–H groups in total. The van der Waals surface area contributed by atoms with Crippen LogP contribution in [0, 0.1) is 5.53 Å². The molecule has 0 radical (unpaired) electrons. The van der Waals surface area contributed by atoms with Crippen molar-refractivity contribution in [2.75, 3.05) is 31.1 Å². The predicted molar refractivity (Wildman–Crippen MR) is 251 cm³/mol. The number of hydrogen-bond donors (Lipinski definition) is 5. The molecule has 29 nitrogen and oxygen atoms in total. The van der Waals surface area contributed by atoms with Crippen LogP contribution in [-0.2, 0) is 9.47 Å². The minimum absolute atomic E-state index is 0. The van der Waals surface area contributed by atoms with E-state index in [1.54, 1.807) is 35.4 Å². The van der Waals surface area contributed by atoms with E-state index in [1.165, 1.54) is 0 Å². The molecule has 2 aliphatic rings. The van der Waals surface area contributed by atoms with Crippen LogP contribution in [0.2, 0.25) is 5.28 Å². The molecule has 67 heavy (non-hydrogen) atoms. The van der Waals surface area contributed by atoms with Crippen molar-refractivity contribution in [3.05, 3.63) is 51.4 Å². The molecular formula is C35H56Br2ClN25O4. The molecule has 2 aliphatic heterocycles. The van der Waals surface area contributed by atoms with Gasteiger partial charge in [-0.2, -0.15) is 5.53 Å². The molecule has 0 aromatic carbocycles. The van der Waals surface area contributed by atoms with Gasteiger partial charge in [0.15, 0.2) is 11.3 Å². The number of halogens is 3. The van der Waals surface area contributed by atoms with Crippen LogP contribution in [0.15, 0.2) is 114 Å². The lowest BCUT2D eigenvalue weighted by Crippen LogP contribution is -2.54. The monoisotopic (exact) mass is 1080 g/mol. The Hall–Kier alpha value is -6.21. The standard InChI is InChI=1S/C17H24BrN5O2.C11H22N2O2.C6H3BrClN3.CH4.H3N15/c1-16(2,3)25-15(24)21-17(4)5-8-22(9-6-17)14-20-11-12(18)13-19-7-10-23(13)14;1-10(2,3)15-9(14)13-11(4)5-7-12-8-6-11;7-4-3-10-6(8)11-2-1-9-5(4)11;;1-3-5-7-9-11-13-15-14-12-10-8-6-4-2/h7,10-11H,5-6,8-9H2,1-4H3,(H,21,24);12H,5-8H2,1-4H3,(H,13,14);1-3H;1H4;(H3,1,2,5,6,9,10,13,14). The Morgan fingerprint density at radius 2 is 1.13 bits per heavy atom. The maximum absolute atomic E-state index is 12.1. The molecule has 2 saturated heterocycles. The van der Waals surface area contributed by atoms with Crippen LogP contribution in [0.4, 0.5) is 15.5 Å². The Kier molecular flexibility index (Phi) is 23.3. The maximum atomic E-state index is 12.1. The summed E-state index contributed by atoms with van der Waals surface area (Å²) in [5, 5.41) is 46.9. The van der Waals surface area contributed by atoms with Crippen molar-refractivity contribution in [2.45, 2.75) is 111 Å². The number of rotatable bonds is 9. The lowest BCUT2D eigenvalue weighted by molar-refractivity contribution is 0.0433. The number of anilines is 1. The molecule has 4 aromatic rings. The first-order valence-electron chi connectivity index (χ1n) is 19.7. The number of piperidine rings is 2. The number of fused-ring (bicyclic) bond motifs is 2. The van der Waals surface area contributed by atoms with E-state index in [0.29, 0.717) is 5.28 Å². The molecule has 2 amide bonds. The van der Waals surface area contributed by atoms with Gasteiger partial charge in [0.2, 0.25) is 11.2 Å². The zero-order valence-corrected chi connectivity index (χ0v) is 41.3. The van der Waals surface area contributed by atoms with E-state index < -0.39 is 11.2 Å². The molecule has 0 saturated carbocycles. The van der Waals surface area contributed by atoms with Gasteiger partial charge in [-0.25, -0.2) is 29.5 Å². The molecule has 0 atom stereocenters. The summed E-state index contributed by atoms with van der Waals surface area (Å²) >= 11 is 12.5. The molecule has 0 unspecified atom stereocenters. The highest BCUT2D eigenvalue weighted by atomic mass is 79.9. The van der Waals surface area contributed by atoms with Crippen LogP contribution >= 0.6 is 43.5 Å². The largest absolute Gasteiger partial charge is 0.444 e.